The van der Waals surface area contributed by atoms with Gasteiger partial charge in [-0.05, 0) is 38.5 Å². The van der Waals surface area contributed by atoms with Gasteiger partial charge in [0, 0.05) is 5.97 Å². The van der Waals surface area contributed by atoms with Gasteiger partial charge in [0.25, 0.3) is 0 Å². The van der Waals surface area contributed by atoms with E-state index in [0.29, 0.717) is 0 Å². The third-order valence-electron chi connectivity index (χ3n) is 3.64. The molecule has 0 heterocycles. The van der Waals surface area contributed by atoms with Crippen molar-refractivity contribution in [1.29, 1.82) is 0 Å². The molecule has 0 bridgehead atoms. The minimum absolute atomic E-state index is 0. The van der Waals surface area contributed by atoms with Crippen LogP contribution in [0.5, 0.6) is 0 Å². The zero-order valence-electron chi connectivity index (χ0n) is 15.4. The Morgan fingerprint density at radius 3 is 1.71 bits per heavy atom. The van der Waals surface area contributed by atoms with Gasteiger partial charge in [-0.15, -0.1) is 0 Å². The third kappa shape index (κ3) is 23.2. The van der Waals surface area contributed by atoms with E-state index in [9.17, 15) is 9.90 Å². The van der Waals surface area contributed by atoms with E-state index in [0.717, 1.165) is 19.3 Å². The van der Waals surface area contributed by atoms with E-state index in [1.54, 1.807) is 0 Å². The van der Waals surface area contributed by atoms with Crippen LogP contribution in [0.25, 0.3) is 0 Å². The maximum absolute atomic E-state index is 10.2. The van der Waals surface area contributed by atoms with Gasteiger partial charge in [-0.1, -0.05) is 70.4 Å². The van der Waals surface area contributed by atoms with E-state index in [1.165, 1.54) is 64.2 Å². The molecule has 0 aliphatic carbocycles. The molecule has 0 aromatic carbocycles. The number of hydrogen-bond donors (Lipinski definition) is 0. The number of hydrogen-bond acceptors (Lipinski definition) is 2. The molecule has 0 amide bonds. The molecule has 0 rings (SSSR count). The first-order valence-corrected chi connectivity index (χ1v) is 8.62. The fraction of sp³-hybridized carbons (Fsp3) is 0.833. The standard InChI is InChI=1S/C18H34O2.K.H/c1-2-3-4-5-6-7-8-9-10-11-12-13-14-15-16-17-18(19)20;;/h9-10H,2-8,11-17H2,1H3,(H,19,20);;/q;+1;-1/p-1/b10-9-;;. The van der Waals surface area contributed by atoms with Gasteiger partial charge >= 0.3 is 51.4 Å². The van der Waals surface area contributed by atoms with Gasteiger partial charge in [-0.2, -0.15) is 0 Å². The summed E-state index contributed by atoms with van der Waals surface area (Å²) in [5.74, 6) is -0.914. The first-order valence-electron chi connectivity index (χ1n) is 8.62. The van der Waals surface area contributed by atoms with Gasteiger partial charge in [0.1, 0.15) is 0 Å². The van der Waals surface area contributed by atoms with Crippen LogP contribution in [0.4, 0.5) is 0 Å². The Morgan fingerprint density at radius 1 is 0.810 bits per heavy atom. The summed E-state index contributed by atoms with van der Waals surface area (Å²) in [6.45, 7) is 2.26. The molecule has 0 saturated heterocycles. The maximum atomic E-state index is 10.2. The number of allylic oxidation sites excluding steroid dienone is 2. The summed E-state index contributed by atoms with van der Waals surface area (Å²) >= 11 is 0. The number of carboxylic acid groups (broad SMARTS) is 1. The largest absolute Gasteiger partial charge is 1.00 e. The first kappa shape index (κ1) is 24.1. The van der Waals surface area contributed by atoms with Crippen molar-refractivity contribution in [3.8, 4) is 0 Å². The van der Waals surface area contributed by atoms with Crippen LogP contribution in [-0.4, -0.2) is 5.97 Å². The van der Waals surface area contributed by atoms with Crippen molar-refractivity contribution in [3.63, 3.8) is 0 Å². The molecule has 0 radical (unpaired) electrons. The molecule has 120 valence electrons. The van der Waals surface area contributed by atoms with Crippen molar-refractivity contribution < 1.29 is 62.7 Å². The fourth-order valence-corrected chi connectivity index (χ4v) is 2.34. The molecule has 0 N–H and O–H groups in total. The van der Waals surface area contributed by atoms with Crippen molar-refractivity contribution in [3.05, 3.63) is 12.2 Å². The molecule has 0 aromatic rings. The Balaban J connectivity index is -0.00000180. The van der Waals surface area contributed by atoms with Crippen molar-refractivity contribution >= 4 is 5.97 Å². The molecular formula is C18H34KO2-. The topological polar surface area (TPSA) is 40.1 Å². The number of unbranched alkanes of at least 4 members (excludes halogenated alkanes) is 11. The Morgan fingerprint density at radius 2 is 1.24 bits per heavy atom. The van der Waals surface area contributed by atoms with Crippen molar-refractivity contribution in [2.45, 2.75) is 96.8 Å². The number of carbonyl (C=O) groups excluding carboxylic acids is 1. The van der Waals surface area contributed by atoms with E-state index in [4.69, 9.17) is 0 Å². The van der Waals surface area contributed by atoms with Gasteiger partial charge in [0.2, 0.25) is 0 Å². The molecule has 0 aromatic heterocycles. The fourth-order valence-electron chi connectivity index (χ4n) is 2.34. The zero-order chi connectivity index (χ0) is 14.9. The Labute approximate surface area is 176 Å². The van der Waals surface area contributed by atoms with E-state index in [2.05, 4.69) is 19.1 Å². The summed E-state index contributed by atoms with van der Waals surface area (Å²) in [6, 6.07) is 0. The number of carbonyl (C=O) groups is 1. The Bertz CT molecular complexity index is 245. The van der Waals surface area contributed by atoms with Gasteiger partial charge in [-0.3, -0.25) is 0 Å². The summed E-state index contributed by atoms with van der Waals surface area (Å²) in [6.07, 6.45) is 20.9. The second-order valence-electron chi connectivity index (χ2n) is 5.71. The van der Waals surface area contributed by atoms with Crippen molar-refractivity contribution in [1.82, 2.24) is 0 Å². The molecule has 0 spiro atoms. The second kappa shape index (κ2) is 20.8. The van der Waals surface area contributed by atoms with Crippen LogP contribution < -0.4 is 56.5 Å². The van der Waals surface area contributed by atoms with Gasteiger partial charge in [0.05, 0.1) is 0 Å². The predicted molar refractivity (Wildman–Crippen MR) is 85.6 cm³/mol. The van der Waals surface area contributed by atoms with Crippen LogP contribution in [-0.2, 0) is 4.79 Å². The number of rotatable bonds is 15. The molecule has 3 heteroatoms. The Hall–Kier alpha value is 0.846. The maximum Gasteiger partial charge on any atom is 1.00 e. The monoisotopic (exact) mass is 321 g/mol. The quantitative estimate of drug-likeness (QED) is 0.262. The van der Waals surface area contributed by atoms with Crippen molar-refractivity contribution in [2.75, 3.05) is 0 Å². The molecule has 0 atom stereocenters. The smallest absolute Gasteiger partial charge is 1.00 e. The molecular weight excluding hydrogens is 287 g/mol. The third-order valence-corrected chi connectivity index (χ3v) is 3.64. The average Bonchev–Trinajstić information content (AvgIpc) is 2.43. The number of carboxylic acids is 1. The SMILES string of the molecule is CCCCCCCC/C=C\CCCCCCCC(=O)[O-].[H-].[K+]. The predicted octanol–water partition coefficient (Wildman–Crippen LogP) is 1.89. The average molecular weight is 322 g/mol. The van der Waals surface area contributed by atoms with Crippen LogP contribution >= 0.6 is 0 Å². The normalized spacial score (nSPS) is 10.7. The Kier molecular flexibility index (Phi) is 23.9. The van der Waals surface area contributed by atoms with E-state index in [1.807, 2.05) is 0 Å². The van der Waals surface area contributed by atoms with E-state index >= 15 is 0 Å². The van der Waals surface area contributed by atoms with Crippen LogP contribution in [0.3, 0.4) is 0 Å². The van der Waals surface area contributed by atoms with Crippen LogP contribution in [0.2, 0.25) is 0 Å². The minimum atomic E-state index is -0.914. The zero-order valence-corrected chi connectivity index (χ0v) is 17.5. The molecule has 0 saturated carbocycles. The van der Waals surface area contributed by atoms with Gasteiger partial charge < -0.3 is 11.3 Å². The first-order chi connectivity index (χ1) is 9.77. The second-order valence-corrected chi connectivity index (χ2v) is 5.71. The molecule has 0 aliphatic rings. The van der Waals surface area contributed by atoms with Crippen LogP contribution in [0.1, 0.15) is 98.2 Å². The summed E-state index contributed by atoms with van der Waals surface area (Å²) in [4.78, 5) is 10.2. The summed E-state index contributed by atoms with van der Waals surface area (Å²) in [7, 11) is 0. The van der Waals surface area contributed by atoms with E-state index < -0.39 is 5.97 Å². The number of aliphatic carboxylic acids is 1. The molecule has 21 heavy (non-hydrogen) atoms. The summed E-state index contributed by atoms with van der Waals surface area (Å²) < 4.78 is 0. The van der Waals surface area contributed by atoms with Crippen LogP contribution in [0, 0.1) is 0 Å². The molecule has 0 aliphatic heterocycles. The molecule has 0 fully saturated rings. The molecule has 2 nitrogen and oxygen atoms in total. The summed E-state index contributed by atoms with van der Waals surface area (Å²) in [5.41, 5.74) is 0. The summed E-state index contributed by atoms with van der Waals surface area (Å²) in [5, 5.41) is 10.2. The molecule has 0 unspecified atom stereocenters. The minimum Gasteiger partial charge on any atom is -1.00 e. The van der Waals surface area contributed by atoms with E-state index in [-0.39, 0.29) is 59.2 Å². The van der Waals surface area contributed by atoms with Crippen LogP contribution in [0.15, 0.2) is 12.2 Å². The van der Waals surface area contributed by atoms with Gasteiger partial charge in [0.15, 0.2) is 0 Å². The van der Waals surface area contributed by atoms with Gasteiger partial charge in [-0.25, -0.2) is 0 Å². The van der Waals surface area contributed by atoms with Crippen molar-refractivity contribution in [2.24, 2.45) is 0 Å².